The number of carboxylic acids is 1. The number of hydrogen-bond donors (Lipinski definition) is 1. The molecule has 4 heteroatoms. The largest absolute Gasteiger partial charge is 0.478 e. The van der Waals surface area contributed by atoms with Crippen LogP contribution < -0.4 is 4.90 Å². The van der Waals surface area contributed by atoms with Gasteiger partial charge in [-0.2, -0.15) is 0 Å². The summed E-state index contributed by atoms with van der Waals surface area (Å²) in [7, 11) is 0. The van der Waals surface area contributed by atoms with Crippen LogP contribution in [0.5, 0.6) is 0 Å². The lowest BCUT2D eigenvalue weighted by Crippen LogP contribution is -2.26. The minimum atomic E-state index is -0.942. The molecule has 4 nitrogen and oxygen atoms in total. The van der Waals surface area contributed by atoms with E-state index >= 15 is 0 Å². The molecular weight excluding hydrogens is 204 g/mol. The predicted octanol–water partition coefficient (Wildman–Crippen LogP) is 2.10. The molecule has 1 aromatic rings. The van der Waals surface area contributed by atoms with Crippen LogP contribution in [-0.4, -0.2) is 29.1 Å². The van der Waals surface area contributed by atoms with Gasteiger partial charge in [0.25, 0.3) is 0 Å². The topological polar surface area (TPSA) is 53.4 Å². The van der Waals surface area contributed by atoms with Crippen molar-refractivity contribution in [3.63, 3.8) is 0 Å². The molecule has 86 valence electrons. The summed E-state index contributed by atoms with van der Waals surface area (Å²) in [5.41, 5.74) is 0.992. The maximum Gasteiger partial charge on any atom is 0.339 e. The van der Waals surface area contributed by atoms with Crippen LogP contribution in [0, 0.1) is 6.92 Å². The van der Waals surface area contributed by atoms with Gasteiger partial charge < -0.3 is 10.0 Å². The Bertz CT molecular complexity index is 402. The van der Waals surface area contributed by atoms with Crippen molar-refractivity contribution in [2.45, 2.75) is 13.8 Å². The second-order valence-electron chi connectivity index (χ2n) is 3.46. The Balaban J connectivity index is 3.25. The molecule has 1 heterocycles. The van der Waals surface area contributed by atoms with E-state index in [-0.39, 0.29) is 5.56 Å². The Hall–Kier alpha value is -1.84. The molecular formula is C12H16N2O2. The first kappa shape index (κ1) is 12.2. The molecule has 0 aromatic carbocycles. The first-order valence-corrected chi connectivity index (χ1v) is 5.16. The standard InChI is InChI=1S/C12H16N2O2/c1-4-8-14(5-2)11-10(12(15)16)9(3)6-7-13-11/h4,6-7H,1,5,8H2,2-3H3,(H,15,16). The lowest BCUT2D eigenvalue weighted by molar-refractivity contribution is 0.0696. The highest BCUT2D eigenvalue weighted by atomic mass is 16.4. The van der Waals surface area contributed by atoms with E-state index in [1.807, 2.05) is 11.8 Å². The number of aryl methyl sites for hydroxylation is 1. The number of carboxylic acid groups (broad SMARTS) is 1. The van der Waals surface area contributed by atoms with Crippen LogP contribution >= 0.6 is 0 Å². The SMILES string of the molecule is C=CCN(CC)c1nccc(C)c1C(=O)O. The van der Waals surface area contributed by atoms with Gasteiger partial charge >= 0.3 is 5.97 Å². The summed E-state index contributed by atoms with van der Waals surface area (Å²) >= 11 is 0. The zero-order valence-electron chi connectivity index (χ0n) is 9.60. The number of anilines is 1. The lowest BCUT2D eigenvalue weighted by Gasteiger charge is -2.22. The molecule has 1 rings (SSSR count). The minimum absolute atomic E-state index is 0.270. The summed E-state index contributed by atoms with van der Waals surface area (Å²) in [5.74, 6) is -0.432. The molecule has 16 heavy (non-hydrogen) atoms. The van der Waals surface area contributed by atoms with Gasteiger partial charge in [0.2, 0.25) is 0 Å². The smallest absolute Gasteiger partial charge is 0.339 e. The summed E-state index contributed by atoms with van der Waals surface area (Å²) in [6.45, 7) is 8.67. The first-order chi connectivity index (χ1) is 7.61. The highest BCUT2D eigenvalue weighted by Gasteiger charge is 2.17. The van der Waals surface area contributed by atoms with Gasteiger partial charge in [-0.05, 0) is 25.5 Å². The molecule has 0 saturated heterocycles. The van der Waals surface area contributed by atoms with Crippen LogP contribution in [0.1, 0.15) is 22.8 Å². The highest BCUT2D eigenvalue weighted by molar-refractivity contribution is 5.95. The van der Waals surface area contributed by atoms with Crippen molar-refractivity contribution in [2.75, 3.05) is 18.0 Å². The molecule has 0 atom stereocenters. The van der Waals surface area contributed by atoms with E-state index in [0.717, 1.165) is 5.56 Å². The summed E-state index contributed by atoms with van der Waals surface area (Å²) in [6.07, 6.45) is 3.36. The number of aromatic carboxylic acids is 1. The van der Waals surface area contributed by atoms with Crippen LogP contribution in [0.3, 0.4) is 0 Å². The van der Waals surface area contributed by atoms with Crippen molar-refractivity contribution in [3.05, 3.63) is 36.0 Å². The van der Waals surface area contributed by atoms with Crippen molar-refractivity contribution in [1.29, 1.82) is 0 Å². The summed E-state index contributed by atoms with van der Waals surface area (Å²) in [5, 5.41) is 9.17. The Morgan fingerprint density at radius 2 is 2.38 bits per heavy atom. The number of carbonyl (C=O) groups is 1. The van der Waals surface area contributed by atoms with Crippen molar-refractivity contribution in [2.24, 2.45) is 0 Å². The van der Waals surface area contributed by atoms with E-state index in [1.54, 1.807) is 25.3 Å². The Morgan fingerprint density at radius 3 is 2.88 bits per heavy atom. The van der Waals surface area contributed by atoms with Gasteiger partial charge in [-0.25, -0.2) is 9.78 Å². The summed E-state index contributed by atoms with van der Waals surface area (Å²) in [6, 6.07) is 1.70. The van der Waals surface area contributed by atoms with Gasteiger partial charge in [-0.3, -0.25) is 0 Å². The number of pyridine rings is 1. The number of aromatic nitrogens is 1. The Morgan fingerprint density at radius 1 is 1.69 bits per heavy atom. The third-order valence-electron chi connectivity index (χ3n) is 2.38. The average molecular weight is 220 g/mol. The predicted molar refractivity (Wildman–Crippen MR) is 64.0 cm³/mol. The molecule has 0 aliphatic heterocycles. The zero-order chi connectivity index (χ0) is 12.1. The fourth-order valence-electron chi connectivity index (χ4n) is 1.57. The molecule has 1 aromatic heterocycles. The summed E-state index contributed by atoms with van der Waals surface area (Å²) in [4.78, 5) is 17.2. The van der Waals surface area contributed by atoms with Gasteiger partial charge in [0.05, 0.1) is 0 Å². The van der Waals surface area contributed by atoms with Crippen molar-refractivity contribution in [1.82, 2.24) is 4.98 Å². The number of rotatable bonds is 5. The Labute approximate surface area is 95.2 Å². The van der Waals surface area contributed by atoms with Gasteiger partial charge in [0.1, 0.15) is 11.4 Å². The van der Waals surface area contributed by atoms with Crippen molar-refractivity contribution < 1.29 is 9.90 Å². The quantitative estimate of drug-likeness (QED) is 0.772. The maximum atomic E-state index is 11.2. The molecule has 0 saturated carbocycles. The fraction of sp³-hybridized carbons (Fsp3) is 0.333. The minimum Gasteiger partial charge on any atom is -0.478 e. The van der Waals surface area contributed by atoms with Gasteiger partial charge in [-0.1, -0.05) is 6.08 Å². The molecule has 0 amide bonds. The van der Waals surface area contributed by atoms with E-state index in [2.05, 4.69) is 11.6 Å². The van der Waals surface area contributed by atoms with E-state index in [0.29, 0.717) is 18.9 Å². The van der Waals surface area contributed by atoms with Crippen LogP contribution in [-0.2, 0) is 0 Å². The average Bonchev–Trinajstić information content (AvgIpc) is 2.25. The van der Waals surface area contributed by atoms with Crippen LogP contribution in [0.2, 0.25) is 0 Å². The van der Waals surface area contributed by atoms with Crippen molar-refractivity contribution >= 4 is 11.8 Å². The van der Waals surface area contributed by atoms with Crippen LogP contribution in [0.15, 0.2) is 24.9 Å². The third-order valence-corrected chi connectivity index (χ3v) is 2.38. The molecule has 0 unspecified atom stereocenters. The monoisotopic (exact) mass is 220 g/mol. The second-order valence-corrected chi connectivity index (χ2v) is 3.46. The number of likely N-dealkylation sites (N-methyl/N-ethyl adjacent to an activating group) is 1. The van der Waals surface area contributed by atoms with E-state index in [9.17, 15) is 4.79 Å². The van der Waals surface area contributed by atoms with Crippen LogP contribution in [0.25, 0.3) is 0 Å². The molecule has 0 bridgehead atoms. The number of hydrogen-bond acceptors (Lipinski definition) is 3. The second kappa shape index (κ2) is 5.30. The highest BCUT2D eigenvalue weighted by Crippen LogP contribution is 2.20. The summed E-state index contributed by atoms with van der Waals surface area (Å²) < 4.78 is 0. The molecule has 1 N–H and O–H groups in total. The molecule has 0 aliphatic carbocycles. The first-order valence-electron chi connectivity index (χ1n) is 5.16. The lowest BCUT2D eigenvalue weighted by atomic mass is 10.1. The van der Waals surface area contributed by atoms with E-state index in [4.69, 9.17) is 5.11 Å². The van der Waals surface area contributed by atoms with E-state index in [1.165, 1.54) is 0 Å². The zero-order valence-corrected chi connectivity index (χ0v) is 9.60. The fourth-order valence-corrected chi connectivity index (χ4v) is 1.57. The molecule has 0 radical (unpaired) electrons. The molecule has 0 spiro atoms. The molecule has 0 fully saturated rings. The third kappa shape index (κ3) is 2.39. The molecule has 0 aliphatic rings. The Kier molecular flexibility index (Phi) is 4.05. The van der Waals surface area contributed by atoms with Gasteiger partial charge in [0, 0.05) is 19.3 Å². The van der Waals surface area contributed by atoms with Gasteiger partial charge in [-0.15, -0.1) is 6.58 Å². The van der Waals surface area contributed by atoms with Gasteiger partial charge in [0.15, 0.2) is 0 Å². The maximum absolute atomic E-state index is 11.2. The van der Waals surface area contributed by atoms with Crippen LogP contribution in [0.4, 0.5) is 5.82 Å². The van der Waals surface area contributed by atoms with E-state index < -0.39 is 5.97 Å². The normalized spacial score (nSPS) is 9.88. The number of nitrogens with zero attached hydrogens (tertiary/aromatic N) is 2. The van der Waals surface area contributed by atoms with Crippen molar-refractivity contribution in [3.8, 4) is 0 Å².